The Morgan fingerprint density at radius 2 is 1.02 bits per heavy atom. The molecule has 0 aromatic carbocycles. The van der Waals surface area contributed by atoms with Gasteiger partial charge in [0.2, 0.25) is 6.36 Å². The summed E-state index contributed by atoms with van der Waals surface area (Å²) in [4.78, 5) is 0. The maximum atomic E-state index is 15.8. The van der Waals surface area contributed by atoms with E-state index < -0.39 is 44.7 Å². The van der Waals surface area contributed by atoms with Gasteiger partial charge in [-0.05, 0) is 38.5 Å². The molecular weight excluding hydrogens is 566 g/mol. The van der Waals surface area contributed by atoms with E-state index in [0.717, 1.165) is 77.0 Å². The van der Waals surface area contributed by atoms with Crippen LogP contribution in [0.4, 0.5) is 4.39 Å². The highest BCUT2D eigenvalue weighted by Crippen LogP contribution is 2.50. The van der Waals surface area contributed by atoms with Crippen molar-refractivity contribution in [1.29, 1.82) is 0 Å². The van der Waals surface area contributed by atoms with Crippen molar-refractivity contribution in [3.8, 4) is 0 Å². The second-order valence-electron chi connectivity index (χ2n) is 10.9. The number of rotatable bonds is 28. The lowest BCUT2D eigenvalue weighted by Crippen LogP contribution is -2.63. The maximum Gasteiger partial charge on any atom is 0.474 e. The molecule has 4 unspecified atom stereocenters. The molecule has 0 bridgehead atoms. The van der Waals surface area contributed by atoms with E-state index in [1.165, 1.54) is 0 Å². The molecule has 11 heteroatoms. The van der Waals surface area contributed by atoms with Crippen molar-refractivity contribution in [3.63, 3.8) is 0 Å². The number of phosphoric acid groups is 1. The van der Waals surface area contributed by atoms with Crippen molar-refractivity contribution in [1.82, 2.24) is 0 Å². The molecule has 0 radical (unpaired) electrons. The molecule has 6 atom stereocenters. The van der Waals surface area contributed by atoms with Crippen LogP contribution in [0.3, 0.4) is 0 Å². The van der Waals surface area contributed by atoms with E-state index in [4.69, 9.17) is 37.3 Å². The van der Waals surface area contributed by atoms with E-state index in [9.17, 15) is 4.57 Å². The predicted molar refractivity (Wildman–Crippen MR) is 164 cm³/mol. The maximum absolute atomic E-state index is 15.8. The molecule has 0 aromatic heterocycles. The largest absolute Gasteiger partial charge is 0.474 e. The third kappa shape index (κ3) is 15.7. The van der Waals surface area contributed by atoms with Gasteiger partial charge in [-0.3, -0.25) is 13.6 Å². The normalized spacial score (nSPS) is 23.8. The minimum Gasteiger partial charge on any atom is -0.373 e. The lowest BCUT2D eigenvalue weighted by Gasteiger charge is -2.46. The molecule has 0 saturated carbocycles. The van der Waals surface area contributed by atoms with Gasteiger partial charge in [0.15, 0.2) is 0 Å². The summed E-state index contributed by atoms with van der Waals surface area (Å²) in [6.07, 6.45) is 4.42. The van der Waals surface area contributed by atoms with Gasteiger partial charge in [0.25, 0.3) is 0 Å². The molecule has 1 aliphatic heterocycles. The molecule has 9 nitrogen and oxygen atoms in total. The van der Waals surface area contributed by atoms with Gasteiger partial charge >= 0.3 is 7.82 Å². The molecule has 1 heterocycles. The van der Waals surface area contributed by atoms with Crippen LogP contribution in [-0.4, -0.2) is 83.1 Å². The number of phosphoric ester groups is 1. The second-order valence-corrected chi connectivity index (χ2v) is 12.6. The fraction of sp³-hybridized carbons (Fsp3) is 1.00. The minimum atomic E-state index is -3.88. The van der Waals surface area contributed by atoms with Crippen LogP contribution in [0.15, 0.2) is 0 Å². The Balaban J connectivity index is 3.29. The minimum absolute atomic E-state index is 0.173. The summed E-state index contributed by atoms with van der Waals surface area (Å²) >= 11 is 0. The highest BCUT2D eigenvalue weighted by Gasteiger charge is 2.51. The van der Waals surface area contributed by atoms with Crippen molar-refractivity contribution in [3.05, 3.63) is 0 Å². The Hall–Kier alpha value is -0.160. The van der Waals surface area contributed by atoms with Crippen molar-refractivity contribution in [2.45, 2.75) is 155 Å². The molecule has 0 amide bonds. The number of hydrogen-bond acceptors (Lipinski definition) is 9. The monoisotopic (exact) mass is 628 g/mol. The summed E-state index contributed by atoms with van der Waals surface area (Å²) in [5, 5.41) is 0. The van der Waals surface area contributed by atoms with Gasteiger partial charge in [0.05, 0.1) is 19.8 Å². The van der Waals surface area contributed by atoms with Crippen LogP contribution >= 0.6 is 7.82 Å². The Bertz CT molecular complexity index is 660. The average molecular weight is 629 g/mol. The summed E-state index contributed by atoms with van der Waals surface area (Å²) in [5.74, 6) is 0. The van der Waals surface area contributed by atoms with E-state index in [-0.39, 0.29) is 19.8 Å². The smallest absolute Gasteiger partial charge is 0.373 e. The first-order valence-corrected chi connectivity index (χ1v) is 18.2. The number of hydrogen-bond donors (Lipinski definition) is 0. The first-order chi connectivity index (χ1) is 20.4. The van der Waals surface area contributed by atoms with Crippen molar-refractivity contribution < 1.29 is 46.2 Å². The van der Waals surface area contributed by atoms with Gasteiger partial charge in [0, 0.05) is 26.4 Å². The van der Waals surface area contributed by atoms with Gasteiger partial charge in [0.1, 0.15) is 30.5 Å². The Kier molecular flexibility index (Phi) is 23.8. The van der Waals surface area contributed by atoms with Crippen LogP contribution in [0, 0.1) is 0 Å². The quantitative estimate of drug-likeness (QED) is 0.0628. The zero-order valence-electron chi connectivity index (χ0n) is 27.4. The van der Waals surface area contributed by atoms with E-state index in [0.29, 0.717) is 26.4 Å². The molecule has 1 fully saturated rings. The van der Waals surface area contributed by atoms with E-state index in [1.807, 2.05) is 13.8 Å². The molecule has 1 aliphatic rings. The molecule has 0 spiro atoms. The molecule has 42 heavy (non-hydrogen) atoms. The van der Waals surface area contributed by atoms with Crippen LogP contribution in [-0.2, 0) is 41.8 Å². The fourth-order valence-electron chi connectivity index (χ4n) is 4.30. The molecule has 0 N–H and O–H groups in total. The molecule has 1 rings (SSSR count). The highest BCUT2D eigenvalue weighted by atomic mass is 31.2. The molecule has 252 valence electrons. The first kappa shape index (κ1) is 39.9. The Morgan fingerprint density at radius 1 is 0.595 bits per heavy atom. The van der Waals surface area contributed by atoms with Gasteiger partial charge in [-0.1, -0.05) is 80.1 Å². The van der Waals surface area contributed by atoms with Crippen LogP contribution in [0.25, 0.3) is 0 Å². The first-order valence-electron chi connectivity index (χ1n) is 16.7. The van der Waals surface area contributed by atoms with Crippen LogP contribution < -0.4 is 0 Å². The summed E-state index contributed by atoms with van der Waals surface area (Å²) in [5.41, 5.74) is 0. The second kappa shape index (κ2) is 25.1. The molecule has 1 saturated heterocycles. The van der Waals surface area contributed by atoms with Crippen LogP contribution in [0.1, 0.15) is 119 Å². The molecule has 0 aromatic rings. The summed E-state index contributed by atoms with van der Waals surface area (Å²) in [7, 11) is -3.88. The van der Waals surface area contributed by atoms with Gasteiger partial charge in [-0.25, -0.2) is 8.96 Å². The number of ether oxygens (including phenoxy) is 5. The SMILES string of the molecule is CCCCOC1C(F)OC([C@@H](COP(=O)(OCCCC)OCCCC)OCCCC)[C@@H](OCCCC)C1OCCCC. The van der Waals surface area contributed by atoms with Crippen molar-refractivity contribution >= 4 is 7.82 Å². The van der Waals surface area contributed by atoms with Crippen LogP contribution in [0.5, 0.6) is 0 Å². The Labute approximate surface area is 255 Å². The third-order valence-electron chi connectivity index (χ3n) is 7.03. The third-order valence-corrected chi connectivity index (χ3v) is 8.49. The molecule has 0 aliphatic carbocycles. The van der Waals surface area contributed by atoms with Gasteiger partial charge in [-0.15, -0.1) is 0 Å². The summed E-state index contributed by atoms with van der Waals surface area (Å²) < 4.78 is 77.4. The number of halogens is 1. The van der Waals surface area contributed by atoms with E-state index in [2.05, 4.69) is 27.7 Å². The van der Waals surface area contributed by atoms with Gasteiger partial charge < -0.3 is 23.7 Å². The average Bonchev–Trinajstić information content (AvgIpc) is 2.97. The summed E-state index contributed by atoms with van der Waals surface area (Å²) in [6, 6.07) is 0. The fourth-order valence-corrected chi connectivity index (χ4v) is 5.56. The van der Waals surface area contributed by atoms with E-state index >= 15 is 4.39 Å². The van der Waals surface area contributed by atoms with E-state index in [1.54, 1.807) is 0 Å². The lowest BCUT2D eigenvalue weighted by atomic mass is 9.94. The molecular formula is C31H62FO9P. The zero-order chi connectivity index (χ0) is 31.1. The Morgan fingerprint density at radius 3 is 1.52 bits per heavy atom. The van der Waals surface area contributed by atoms with Gasteiger partial charge in [-0.2, -0.15) is 0 Å². The van der Waals surface area contributed by atoms with Crippen LogP contribution in [0.2, 0.25) is 0 Å². The predicted octanol–water partition coefficient (Wildman–Crippen LogP) is 8.18. The standard InChI is InChI=1S/C31H62FO9P/c1-7-13-19-34-26(25-40-42(33,38-23-17-11-5)39-24-18-12-6)27-28(35-20-14-8-2)29(36-21-15-9-3)30(31(32)41-27)37-22-16-10-4/h26-31H,7-25H2,1-6H3/t26-,27?,28-,29?,30?,31?/m1/s1. The zero-order valence-corrected chi connectivity index (χ0v) is 28.3. The summed E-state index contributed by atoms with van der Waals surface area (Å²) in [6.45, 7) is 14.4. The van der Waals surface area contributed by atoms with Crippen molar-refractivity contribution in [2.24, 2.45) is 0 Å². The topological polar surface area (TPSA) is 90.9 Å². The van der Waals surface area contributed by atoms with Crippen molar-refractivity contribution in [2.75, 3.05) is 46.2 Å². The number of unbranched alkanes of at least 4 members (excludes halogenated alkanes) is 6. The highest BCUT2D eigenvalue weighted by molar-refractivity contribution is 7.48. The lowest BCUT2D eigenvalue weighted by molar-refractivity contribution is -0.305. The number of alkyl halides is 1.